The maximum atomic E-state index is 2.44. The fraction of sp³-hybridized carbons (Fsp3) is 0.118. The van der Waals surface area contributed by atoms with E-state index in [4.69, 9.17) is 0 Å². The zero-order valence-corrected chi connectivity index (χ0v) is 19.2. The van der Waals surface area contributed by atoms with Crippen molar-refractivity contribution in [1.82, 2.24) is 0 Å². The Hall–Kier alpha value is -3.90. The van der Waals surface area contributed by atoms with Gasteiger partial charge in [0.05, 0.1) is 0 Å². The molecule has 0 spiro atoms. The van der Waals surface area contributed by atoms with Crippen molar-refractivity contribution >= 4 is 37.9 Å². The molecule has 0 N–H and O–H groups in total. The Morgan fingerprint density at radius 1 is 0.529 bits per heavy atom. The highest BCUT2D eigenvalue weighted by atomic mass is 14.2. The van der Waals surface area contributed by atoms with Crippen molar-refractivity contribution in [3.63, 3.8) is 0 Å². The molecule has 0 aromatic heterocycles. The minimum Gasteiger partial charge on any atom is -0.0836 e. The van der Waals surface area contributed by atoms with Gasteiger partial charge in [-0.2, -0.15) is 0 Å². The third-order valence-electron chi connectivity index (χ3n) is 7.61. The van der Waals surface area contributed by atoms with Crippen LogP contribution in [0, 0.1) is 0 Å². The second-order valence-corrected chi connectivity index (χ2v) is 9.58. The molecule has 2 aliphatic carbocycles. The molecule has 0 heteroatoms. The molecule has 34 heavy (non-hydrogen) atoms. The van der Waals surface area contributed by atoms with E-state index in [1.165, 1.54) is 79.4 Å². The van der Waals surface area contributed by atoms with E-state index < -0.39 is 0 Å². The van der Waals surface area contributed by atoms with Crippen LogP contribution in [0.2, 0.25) is 0 Å². The van der Waals surface area contributed by atoms with Crippen molar-refractivity contribution in [2.75, 3.05) is 0 Å². The van der Waals surface area contributed by atoms with Crippen molar-refractivity contribution < 1.29 is 0 Å². The molecule has 162 valence electrons. The van der Waals surface area contributed by atoms with Crippen LogP contribution in [-0.2, 0) is 0 Å². The predicted octanol–water partition coefficient (Wildman–Crippen LogP) is 9.64. The molecule has 0 amide bonds. The van der Waals surface area contributed by atoms with Crippen molar-refractivity contribution in [3.05, 3.63) is 126 Å². The molecule has 0 saturated carbocycles. The molecule has 0 nitrogen and oxygen atoms in total. The molecule has 0 fully saturated rings. The number of benzene rings is 5. The summed E-state index contributed by atoms with van der Waals surface area (Å²) in [7, 11) is 0. The zero-order valence-electron chi connectivity index (χ0n) is 19.2. The molecule has 0 unspecified atom stereocenters. The summed E-state index contributed by atoms with van der Waals surface area (Å²) >= 11 is 0. The summed E-state index contributed by atoms with van der Waals surface area (Å²) in [4.78, 5) is 0. The molecular weight excluding hydrogens is 408 g/mol. The van der Waals surface area contributed by atoms with Gasteiger partial charge < -0.3 is 0 Å². The van der Waals surface area contributed by atoms with Crippen molar-refractivity contribution in [2.24, 2.45) is 0 Å². The average molecular weight is 435 g/mol. The Morgan fingerprint density at radius 3 is 2.15 bits per heavy atom. The second kappa shape index (κ2) is 7.85. The van der Waals surface area contributed by atoms with Crippen LogP contribution in [0.25, 0.3) is 49.0 Å². The third-order valence-corrected chi connectivity index (χ3v) is 7.61. The molecule has 5 aromatic rings. The lowest BCUT2D eigenvalue weighted by molar-refractivity contribution is 0.834. The van der Waals surface area contributed by atoms with E-state index in [-0.39, 0.29) is 0 Å². The van der Waals surface area contributed by atoms with Crippen LogP contribution in [0.1, 0.15) is 31.2 Å². The van der Waals surface area contributed by atoms with E-state index in [0.717, 1.165) is 6.42 Å². The lowest BCUT2D eigenvalue weighted by Gasteiger charge is -2.23. The molecule has 5 aromatic carbocycles. The van der Waals surface area contributed by atoms with Gasteiger partial charge >= 0.3 is 0 Å². The van der Waals surface area contributed by atoms with E-state index in [1.807, 2.05) is 0 Å². The zero-order chi connectivity index (χ0) is 22.5. The van der Waals surface area contributed by atoms with Crippen LogP contribution in [0.15, 0.2) is 120 Å². The van der Waals surface area contributed by atoms with E-state index >= 15 is 0 Å². The molecule has 0 aliphatic heterocycles. The van der Waals surface area contributed by atoms with E-state index in [2.05, 4.69) is 109 Å². The Bertz CT molecular complexity index is 1680. The average Bonchev–Trinajstić information content (AvgIpc) is 2.91. The van der Waals surface area contributed by atoms with Crippen LogP contribution >= 0.6 is 0 Å². The Kier molecular flexibility index (Phi) is 4.52. The highest BCUT2D eigenvalue weighted by Crippen LogP contribution is 2.39. The van der Waals surface area contributed by atoms with E-state index in [9.17, 15) is 0 Å². The Morgan fingerprint density at radius 2 is 1.26 bits per heavy atom. The van der Waals surface area contributed by atoms with Crippen molar-refractivity contribution in [2.45, 2.75) is 25.7 Å². The standard InChI is InChI=1S/C34H26/c1-3-11-29-23(7-1)9-5-13-31(29)27-17-19-33-25(21-27)15-16-26-22-28(18-20-34(26)33)32-14-6-10-24-8-2-4-12-30(24)32/h1,3-5,7,9,11-22H,2,6,8,10H2. The second-order valence-electron chi connectivity index (χ2n) is 9.58. The van der Waals surface area contributed by atoms with Gasteiger partial charge in [0.2, 0.25) is 0 Å². The maximum absolute atomic E-state index is 2.44. The SMILES string of the molecule is C1=CC2=C(CC1)CCC=C2c1ccc2c(ccc3cc(-c4cccc5ccccc45)ccc32)c1. The van der Waals surface area contributed by atoms with Gasteiger partial charge in [-0.25, -0.2) is 0 Å². The smallest absolute Gasteiger partial charge is 0.0105 e. The van der Waals surface area contributed by atoms with Gasteiger partial charge in [-0.1, -0.05) is 103 Å². The molecule has 7 rings (SSSR count). The van der Waals surface area contributed by atoms with E-state index in [0.29, 0.717) is 0 Å². The fourth-order valence-corrected chi connectivity index (χ4v) is 5.91. The molecule has 0 radical (unpaired) electrons. The van der Waals surface area contributed by atoms with Gasteiger partial charge in [-0.3, -0.25) is 0 Å². The summed E-state index contributed by atoms with van der Waals surface area (Å²) in [6.07, 6.45) is 11.9. The molecule has 2 aliphatic rings. The Balaban J connectivity index is 1.33. The van der Waals surface area contributed by atoms with Gasteiger partial charge in [0, 0.05) is 0 Å². The van der Waals surface area contributed by atoms with Crippen LogP contribution in [0.5, 0.6) is 0 Å². The Labute approximate surface area is 200 Å². The highest BCUT2D eigenvalue weighted by Gasteiger charge is 2.18. The number of hydrogen-bond acceptors (Lipinski definition) is 0. The van der Waals surface area contributed by atoms with Crippen LogP contribution in [-0.4, -0.2) is 0 Å². The van der Waals surface area contributed by atoms with Gasteiger partial charge in [-0.05, 0) is 98.0 Å². The molecular formula is C34H26. The third kappa shape index (κ3) is 3.14. The molecule has 0 heterocycles. The largest absolute Gasteiger partial charge is 0.0836 e. The summed E-state index contributed by atoms with van der Waals surface area (Å²) in [6.45, 7) is 0. The summed E-state index contributed by atoms with van der Waals surface area (Å²) < 4.78 is 0. The quantitative estimate of drug-likeness (QED) is 0.243. The molecule has 0 saturated heterocycles. The van der Waals surface area contributed by atoms with Gasteiger partial charge in [0.15, 0.2) is 0 Å². The highest BCUT2D eigenvalue weighted by molar-refractivity contribution is 6.10. The number of hydrogen-bond donors (Lipinski definition) is 0. The summed E-state index contributed by atoms with van der Waals surface area (Å²) in [6, 6.07) is 33.8. The first kappa shape index (κ1) is 19.6. The topological polar surface area (TPSA) is 0 Å². The maximum Gasteiger partial charge on any atom is -0.0105 e. The van der Waals surface area contributed by atoms with Gasteiger partial charge in [-0.15, -0.1) is 0 Å². The lowest BCUT2D eigenvalue weighted by Crippen LogP contribution is -2.02. The van der Waals surface area contributed by atoms with Crippen molar-refractivity contribution in [3.8, 4) is 11.1 Å². The molecule has 0 atom stereocenters. The number of allylic oxidation sites excluding steroid dienone is 6. The van der Waals surface area contributed by atoms with Crippen LogP contribution in [0.4, 0.5) is 0 Å². The lowest BCUT2D eigenvalue weighted by atomic mass is 9.82. The first-order chi connectivity index (χ1) is 16.8. The number of rotatable bonds is 2. The van der Waals surface area contributed by atoms with E-state index in [1.54, 1.807) is 5.57 Å². The summed E-state index contributed by atoms with van der Waals surface area (Å²) in [5.74, 6) is 0. The van der Waals surface area contributed by atoms with Crippen LogP contribution < -0.4 is 0 Å². The monoisotopic (exact) mass is 434 g/mol. The van der Waals surface area contributed by atoms with Crippen molar-refractivity contribution in [1.29, 1.82) is 0 Å². The first-order valence-electron chi connectivity index (χ1n) is 12.4. The van der Waals surface area contributed by atoms with Gasteiger partial charge in [0.25, 0.3) is 0 Å². The fourth-order valence-electron chi connectivity index (χ4n) is 5.91. The summed E-state index contributed by atoms with van der Waals surface area (Å²) in [5, 5.41) is 7.85. The first-order valence-corrected chi connectivity index (χ1v) is 12.4. The summed E-state index contributed by atoms with van der Waals surface area (Å²) in [5.41, 5.74) is 8.45. The minimum atomic E-state index is 1.16. The number of fused-ring (bicyclic) bond motifs is 4. The minimum absolute atomic E-state index is 1.16. The normalized spacial score (nSPS) is 15.7. The predicted molar refractivity (Wildman–Crippen MR) is 147 cm³/mol. The van der Waals surface area contributed by atoms with Gasteiger partial charge in [0.1, 0.15) is 0 Å². The van der Waals surface area contributed by atoms with Crippen LogP contribution in [0.3, 0.4) is 0 Å². The molecule has 0 bridgehead atoms.